The minimum absolute atomic E-state index is 0.00162. The smallest absolute Gasteiger partial charge is 0.387 e. The second-order valence-electron chi connectivity index (χ2n) is 7.11. The van der Waals surface area contributed by atoms with Crippen LogP contribution in [-0.2, 0) is 21.2 Å². The third-order valence-electron chi connectivity index (χ3n) is 5.14. The molecule has 0 unspecified atom stereocenters. The quantitative estimate of drug-likeness (QED) is 0.688. The van der Waals surface area contributed by atoms with Crippen molar-refractivity contribution in [3.8, 4) is 5.75 Å². The third-order valence-corrected chi connectivity index (χ3v) is 7.54. The second-order valence-corrected chi connectivity index (χ2v) is 9.43. The summed E-state index contributed by atoms with van der Waals surface area (Å²) in [6.07, 6.45) is 0.354. The van der Waals surface area contributed by atoms with Gasteiger partial charge in [0.25, 0.3) is 0 Å². The summed E-state index contributed by atoms with van der Waals surface area (Å²) in [5.74, 6) is -0.235. The lowest BCUT2D eigenvalue weighted by Crippen LogP contribution is -2.57. The fourth-order valence-electron chi connectivity index (χ4n) is 3.35. The molecule has 0 atom stereocenters. The van der Waals surface area contributed by atoms with Crippen LogP contribution in [0.15, 0.2) is 53.4 Å². The Hall–Kier alpha value is -2.07. The molecule has 1 heterocycles. The number of carbonyl (C=O) groups is 1. The van der Waals surface area contributed by atoms with E-state index in [1.54, 1.807) is 12.1 Å². The van der Waals surface area contributed by atoms with Gasteiger partial charge in [-0.2, -0.15) is 13.1 Å². The van der Waals surface area contributed by atoms with Crippen LogP contribution in [0.4, 0.5) is 8.78 Å². The zero-order valence-electron chi connectivity index (χ0n) is 15.9. The molecular formula is C20H21ClF2N2O4S. The van der Waals surface area contributed by atoms with E-state index in [0.29, 0.717) is 5.56 Å². The van der Waals surface area contributed by atoms with E-state index in [1.807, 2.05) is 0 Å². The van der Waals surface area contributed by atoms with Gasteiger partial charge in [0.05, 0.1) is 10.6 Å². The van der Waals surface area contributed by atoms with Gasteiger partial charge in [-0.25, -0.2) is 8.42 Å². The first-order chi connectivity index (χ1) is 14.1. The van der Waals surface area contributed by atoms with Crippen LogP contribution >= 0.6 is 11.6 Å². The number of rotatable bonds is 7. The molecule has 2 aromatic rings. The van der Waals surface area contributed by atoms with Crippen LogP contribution in [0, 0.1) is 0 Å². The number of piperidine rings is 1. The standard InChI is InChI=1S/C20H21ClF2N2O4S/c21-16-3-1-2-4-17(16)30(27,28)25-11-9-20(24,10-12-25)18(26)13-14-5-7-15(8-6-14)29-19(22)23/h1-8,19H,9-13,24H2. The molecule has 1 fully saturated rings. The van der Waals surface area contributed by atoms with Crippen molar-refractivity contribution in [1.29, 1.82) is 0 Å². The summed E-state index contributed by atoms with van der Waals surface area (Å²) in [5, 5.41) is 0.137. The maximum atomic E-state index is 12.8. The number of alkyl halides is 2. The van der Waals surface area contributed by atoms with Crippen LogP contribution in [0.5, 0.6) is 5.75 Å². The zero-order chi connectivity index (χ0) is 21.9. The Morgan fingerprint density at radius 2 is 1.73 bits per heavy atom. The van der Waals surface area contributed by atoms with Gasteiger partial charge in [0.2, 0.25) is 10.0 Å². The van der Waals surface area contributed by atoms with E-state index in [-0.39, 0.29) is 53.8 Å². The third kappa shape index (κ3) is 4.97. The van der Waals surface area contributed by atoms with Gasteiger partial charge in [0, 0.05) is 19.5 Å². The molecular weight excluding hydrogens is 438 g/mol. The van der Waals surface area contributed by atoms with Gasteiger partial charge in [-0.1, -0.05) is 35.9 Å². The molecule has 0 aromatic heterocycles. The highest BCUT2D eigenvalue weighted by Crippen LogP contribution is 2.30. The van der Waals surface area contributed by atoms with E-state index >= 15 is 0 Å². The summed E-state index contributed by atoms with van der Waals surface area (Å²) in [6.45, 7) is -2.73. The summed E-state index contributed by atoms with van der Waals surface area (Å²) < 4.78 is 55.7. The summed E-state index contributed by atoms with van der Waals surface area (Å²) >= 11 is 6.03. The molecule has 2 N–H and O–H groups in total. The van der Waals surface area contributed by atoms with Gasteiger partial charge in [-0.15, -0.1) is 0 Å². The molecule has 0 bridgehead atoms. The van der Waals surface area contributed by atoms with E-state index in [4.69, 9.17) is 17.3 Å². The predicted molar refractivity (Wildman–Crippen MR) is 108 cm³/mol. The number of benzene rings is 2. The molecule has 0 radical (unpaired) electrons. The van der Waals surface area contributed by atoms with Gasteiger partial charge < -0.3 is 10.5 Å². The fraction of sp³-hybridized carbons (Fsp3) is 0.350. The number of hydrogen-bond acceptors (Lipinski definition) is 5. The average Bonchev–Trinajstić information content (AvgIpc) is 2.69. The Balaban J connectivity index is 1.64. The highest BCUT2D eigenvalue weighted by Gasteiger charge is 2.40. The molecule has 3 rings (SSSR count). The Morgan fingerprint density at radius 3 is 2.30 bits per heavy atom. The lowest BCUT2D eigenvalue weighted by Gasteiger charge is -2.37. The van der Waals surface area contributed by atoms with Crippen LogP contribution in [0.1, 0.15) is 18.4 Å². The van der Waals surface area contributed by atoms with Crippen LogP contribution in [0.3, 0.4) is 0 Å². The van der Waals surface area contributed by atoms with Crippen molar-refractivity contribution in [2.75, 3.05) is 13.1 Å². The van der Waals surface area contributed by atoms with Crippen LogP contribution < -0.4 is 10.5 Å². The number of nitrogens with two attached hydrogens (primary N) is 1. The molecule has 162 valence electrons. The number of halogens is 3. The second kappa shape index (κ2) is 8.97. The SMILES string of the molecule is NC1(C(=O)Cc2ccc(OC(F)F)cc2)CCN(S(=O)(=O)c2ccccc2Cl)CC1. The van der Waals surface area contributed by atoms with E-state index in [2.05, 4.69) is 4.74 Å². The van der Waals surface area contributed by atoms with Gasteiger partial charge in [-0.05, 0) is 42.7 Å². The van der Waals surface area contributed by atoms with Crippen LogP contribution in [0.25, 0.3) is 0 Å². The maximum Gasteiger partial charge on any atom is 0.387 e. The van der Waals surface area contributed by atoms with Crippen molar-refractivity contribution >= 4 is 27.4 Å². The molecule has 30 heavy (non-hydrogen) atoms. The monoisotopic (exact) mass is 458 g/mol. The molecule has 0 aliphatic carbocycles. The van der Waals surface area contributed by atoms with Crippen LogP contribution in [0.2, 0.25) is 5.02 Å². The normalized spacial score (nSPS) is 17.1. The van der Waals surface area contributed by atoms with Crippen molar-refractivity contribution < 1.29 is 26.7 Å². The lowest BCUT2D eigenvalue weighted by atomic mass is 9.83. The highest BCUT2D eigenvalue weighted by atomic mass is 35.5. The summed E-state index contributed by atoms with van der Waals surface area (Å²) in [7, 11) is -3.78. The first-order valence-electron chi connectivity index (χ1n) is 9.22. The number of ether oxygens (including phenoxy) is 1. The molecule has 2 aromatic carbocycles. The Kier molecular flexibility index (Phi) is 6.76. The van der Waals surface area contributed by atoms with Crippen molar-refractivity contribution in [3.05, 3.63) is 59.1 Å². The van der Waals surface area contributed by atoms with Crippen molar-refractivity contribution in [2.45, 2.75) is 36.3 Å². The topological polar surface area (TPSA) is 89.7 Å². The molecule has 6 nitrogen and oxygen atoms in total. The van der Waals surface area contributed by atoms with Gasteiger partial charge in [0.15, 0.2) is 5.78 Å². The highest BCUT2D eigenvalue weighted by molar-refractivity contribution is 7.89. The molecule has 0 amide bonds. The first-order valence-corrected chi connectivity index (χ1v) is 11.0. The summed E-state index contributed by atoms with van der Waals surface area (Å²) in [6, 6.07) is 11.9. The summed E-state index contributed by atoms with van der Waals surface area (Å²) in [4.78, 5) is 12.8. The van der Waals surface area contributed by atoms with E-state index in [0.717, 1.165) is 0 Å². The minimum Gasteiger partial charge on any atom is -0.435 e. The Labute approximate surface area is 178 Å². The predicted octanol–water partition coefficient (Wildman–Crippen LogP) is 3.24. The van der Waals surface area contributed by atoms with Gasteiger partial charge in [0.1, 0.15) is 10.6 Å². The number of hydrogen-bond donors (Lipinski definition) is 1. The first kappa shape index (κ1) is 22.6. The molecule has 1 aliphatic heterocycles. The van der Waals surface area contributed by atoms with E-state index in [9.17, 15) is 22.0 Å². The van der Waals surface area contributed by atoms with E-state index < -0.39 is 22.2 Å². The molecule has 10 heteroatoms. The maximum absolute atomic E-state index is 12.8. The number of Topliss-reactive ketones (excluding diaryl/α,β-unsaturated/α-hetero) is 1. The molecule has 1 saturated heterocycles. The Bertz CT molecular complexity index is 1010. The Morgan fingerprint density at radius 1 is 1.13 bits per heavy atom. The largest absolute Gasteiger partial charge is 0.435 e. The lowest BCUT2D eigenvalue weighted by molar-refractivity contribution is -0.124. The number of nitrogens with zero attached hydrogens (tertiary/aromatic N) is 1. The van der Waals surface area contributed by atoms with Gasteiger partial charge in [-0.3, -0.25) is 4.79 Å². The van der Waals surface area contributed by atoms with Crippen LogP contribution in [-0.4, -0.2) is 43.7 Å². The van der Waals surface area contributed by atoms with E-state index in [1.165, 1.54) is 40.7 Å². The van der Waals surface area contributed by atoms with Gasteiger partial charge >= 0.3 is 6.61 Å². The molecule has 0 saturated carbocycles. The van der Waals surface area contributed by atoms with Crippen molar-refractivity contribution in [3.63, 3.8) is 0 Å². The zero-order valence-corrected chi connectivity index (χ0v) is 17.5. The number of carbonyl (C=O) groups excluding carboxylic acids is 1. The summed E-state index contributed by atoms with van der Waals surface area (Å²) in [5.41, 5.74) is 5.75. The fourth-order valence-corrected chi connectivity index (χ4v) is 5.28. The average molecular weight is 459 g/mol. The molecule has 0 spiro atoms. The van der Waals surface area contributed by atoms with Crippen molar-refractivity contribution in [1.82, 2.24) is 4.31 Å². The minimum atomic E-state index is -3.78. The number of ketones is 1. The number of sulfonamides is 1. The van der Waals surface area contributed by atoms with Crippen molar-refractivity contribution in [2.24, 2.45) is 5.73 Å². The molecule has 1 aliphatic rings.